The van der Waals surface area contributed by atoms with Gasteiger partial charge in [0.2, 0.25) is 11.8 Å². The van der Waals surface area contributed by atoms with E-state index in [9.17, 15) is 22.8 Å². The molecule has 3 unspecified atom stereocenters. The lowest BCUT2D eigenvalue weighted by Gasteiger charge is -2.40. The number of nitrogens with zero attached hydrogens (tertiary/aromatic N) is 2. The summed E-state index contributed by atoms with van der Waals surface area (Å²) < 4.78 is 55.5. The summed E-state index contributed by atoms with van der Waals surface area (Å²) in [5.74, 6) is -1.67. The Morgan fingerprint density at radius 3 is 2.33 bits per heavy atom. The van der Waals surface area contributed by atoms with Gasteiger partial charge in [-0.2, -0.15) is 13.2 Å². The molecule has 1 N–H and O–H groups in total. The Morgan fingerprint density at radius 1 is 0.935 bits per heavy atom. The van der Waals surface area contributed by atoms with E-state index >= 15 is 4.39 Å². The first-order chi connectivity index (χ1) is 21.7. The number of piperidine rings is 2. The first kappa shape index (κ1) is 35.5. The highest BCUT2D eigenvalue weighted by atomic mass is 127. The van der Waals surface area contributed by atoms with Gasteiger partial charge in [-0.3, -0.25) is 24.8 Å². The van der Waals surface area contributed by atoms with E-state index in [0.29, 0.717) is 54.4 Å². The Morgan fingerprint density at radius 2 is 1.65 bits per heavy atom. The van der Waals surface area contributed by atoms with E-state index in [2.05, 4.69) is 27.3 Å². The molecule has 6 rings (SSSR count). The minimum absolute atomic E-state index is 0. The second-order valence-electron chi connectivity index (χ2n) is 11.5. The van der Waals surface area contributed by atoms with Gasteiger partial charge in [-0.25, -0.2) is 4.39 Å². The van der Waals surface area contributed by atoms with Gasteiger partial charge in [-0.05, 0) is 84.7 Å². The van der Waals surface area contributed by atoms with Crippen molar-refractivity contribution in [2.24, 2.45) is 0 Å². The number of likely N-dealkylation sites (tertiary alicyclic amines) is 1. The Bertz CT molecular complexity index is 1650. The predicted octanol–water partition coefficient (Wildman–Crippen LogP) is 8.55. The summed E-state index contributed by atoms with van der Waals surface area (Å²) in [6, 6.07) is 20.7. The number of alkyl halides is 3. The van der Waals surface area contributed by atoms with E-state index in [4.69, 9.17) is 0 Å². The zero-order valence-electron chi connectivity index (χ0n) is 25.8. The van der Waals surface area contributed by atoms with Gasteiger partial charge in [-0.1, -0.05) is 62.4 Å². The Hall–Kier alpha value is -3.38. The van der Waals surface area contributed by atoms with Crippen molar-refractivity contribution in [3.63, 3.8) is 0 Å². The Balaban J connectivity index is 0.00000157. The normalized spacial score (nSPS) is 20.3. The summed E-state index contributed by atoms with van der Waals surface area (Å²) in [5, 5.41) is 2.71. The van der Waals surface area contributed by atoms with Crippen LogP contribution in [0.5, 0.6) is 0 Å². The number of aromatic nitrogens is 1. The summed E-state index contributed by atoms with van der Waals surface area (Å²) in [7, 11) is 0. The van der Waals surface area contributed by atoms with Crippen LogP contribution >= 0.6 is 24.0 Å². The number of fused-ring (bicyclic) bond motifs is 1. The lowest BCUT2D eigenvalue weighted by atomic mass is 9.82. The summed E-state index contributed by atoms with van der Waals surface area (Å²) in [6.07, 6.45) is -0.115. The van der Waals surface area contributed by atoms with Gasteiger partial charge in [0.05, 0.1) is 17.0 Å². The third kappa shape index (κ3) is 8.12. The number of benzene rings is 3. The molecule has 0 saturated carbocycles. The molecule has 0 spiro atoms. The van der Waals surface area contributed by atoms with Crippen LogP contribution in [0.25, 0.3) is 10.9 Å². The van der Waals surface area contributed by atoms with Gasteiger partial charge in [0.15, 0.2) is 0 Å². The maximum Gasteiger partial charge on any atom is 0.416 e. The molecular weight excluding hydrogens is 709 g/mol. The van der Waals surface area contributed by atoms with Gasteiger partial charge < -0.3 is 0 Å². The quantitative estimate of drug-likeness (QED) is 0.122. The van der Waals surface area contributed by atoms with E-state index in [0.717, 1.165) is 29.7 Å². The molecule has 10 heteroatoms. The van der Waals surface area contributed by atoms with E-state index in [1.165, 1.54) is 12.1 Å². The standard InChI is InChI=1S/C34H31F4N3O2.C2H6.HI/c35-32-27(10-12-30-29(32)18-24(19-39-30)28-11-13-31(42)40-33(28)43)23-14-15-41(26(17-23)16-21-4-2-1-3-5-21)20-22-6-8-25(9-7-22)34(36,37)38;1-2;/h1-10,12,18-19,23,26,28H,11,13-17,20H2,(H,40,42,43);1-2H3;1H. The molecule has 5 nitrogen and oxygen atoms in total. The van der Waals surface area contributed by atoms with Crippen LogP contribution in [-0.4, -0.2) is 34.3 Å². The molecule has 2 aliphatic rings. The minimum Gasteiger partial charge on any atom is -0.296 e. The molecular formula is C36H38F4IN3O2. The fourth-order valence-electron chi connectivity index (χ4n) is 6.44. The van der Waals surface area contributed by atoms with Crippen molar-refractivity contribution in [1.29, 1.82) is 0 Å². The van der Waals surface area contributed by atoms with Crippen molar-refractivity contribution in [3.8, 4) is 0 Å². The molecule has 3 heterocycles. The Kier molecular flexibility index (Phi) is 11.9. The third-order valence-electron chi connectivity index (χ3n) is 8.75. The highest BCUT2D eigenvalue weighted by Crippen LogP contribution is 2.38. The monoisotopic (exact) mass is 747 g/mol. The van der Waals surface area contributed by atoms with Crippen LogP contribution in [0.3, 0.4) is 0 Å². The van der Waals surface area contributed by atoms with Crippen molar-refractivity contribution in [2.75, 3.05) is 6.54 Å². The van der Waals surface area contributed by atoms with E-state index in [-0.39, 0.29) is 54.1 Å². The maximum absolute atomic E-state index is 16.2. The molecule has 1 aromatic heterocycles. The lowest BCUT2D eigenvalue weighted by molar-refractivity contribution is -0.138. The van der Waals surface area contributed by atoms with E-state index in [1.54, 1.807) is 18.3 Å². The fraction of sp³-hybridized carbons (Fsp3) is 0.361. The van der Waals surface area contributed by atoms with Crippen LogP contribution < -0.4 is 5.32 Å². The number of carbonyl (C=O) groups excluding carboxylic acids is 2. The van der Waals surface area contributed by atoms with Crippen LogP contribution in [0.1, 0.15) is 79.2 Å². The van der Waals surface area contributed by atoms with Crippen molar-refractivity contribution < 1.29 is 27.2 Å². The average molecular weight is 748 g/mol. The molecule has 244 valence electrons. The van der Waals surface area contributed by atoms with E-state index < -0.39 is 23.6 Å². The topological polar surface area (TPSA) is 62.3 Å². The number of rotatable bonds is 6. The SMILES string of the molecule is CC.I.O=C1CCC(c2cnc3ccc(C4CCN(Cc5ccc(C(F)(F)F)cc5)C(Cc5ccccc5)C4)c(F)c3c2)C(=O)N1. The summed E-state index contributed by atoms with van der Waals surface area (Å²) in [5.41, 5.74) is 2.95. The molecule has 2 aliphatic heterocycles. The smallest absolute Gasteiger partial charge is 0.296 e. The molecule has 0 bridgehead atoms. The lowest BCUT2D eigenvalue weighted by Crippen LogP contribution is -2.42. The summed E-state index contributed by atoms with van der Waals surface area (Å²) in [4.78, 5) is 30.8. The Labute approximate surface area is 283 Å². The third-order valence-corrected chi connectivity index (χ3v) is 8.75. The minimum atomic E-state index is -4.38. The average Bonchev–Trinajstić information content (AvgIpc) is 3.03. The molecule has 4 aromatic rings. The fourth-order valence-corrected chi connectivity index (χ4v) is 6.44. The van der Waals surface area contributed by atoms with Crippen LogP contribution in [0.4, 0.5) is 17.6 Å². The molecule has 2 fully saturated rings. The van der Waals surface area contributed by atoms with Crippen LogP contribution in [0, 0.1) is 5.82 Å². The van der Waals surface area contributed by atoms with Gasteiger partial charge in [0.25, 0.3) is 0 Å². The molecule has 3 atom stereocenters. The number of halogens is 5. The van der Waals surface area contributed by atoms with Crippen molar-refractivity contribution >= 4 is 46.7 Å². The maximum atomic E-state index is 16.2. The van der Waals surface area contributed by atoms with Gasteiger partial charge in [-0.15, -0.1) is 24.0 Å². The van der Waals surface area contributed by atoms with Crippen molar-refractivity contribution in [2.45, 2.75) is 76.6 Å². The predicted molar refractivity (Wildman–Crippen MR) is 181 cm³/mol. The zero-order valence-corrected chi connectivity index (χ0v) is 28.1. The largest absolute Gasteiger partial charge is 0.416 e. The molecule has 0 radical (unpaired) electrons. The van der Waals surface area contributed by atoms with E-state index in [1.807, 2.05) is 38.1 Å². The summed E-state index contributed by atoms with van der Waals surface area (Å²) >= 11 is 0. The molecule has 3 aromatic carbocycles. The number of hydrogen-bond acceptors (Lipinski definition) is 4. The number of nitrogens with one attached hydrogen (secondary N) is 1. The number of carbonyl (C=O) groups is 2. The van der Waals surface area contributed by atoms with Gasteiger partial charge in [0.1, 0.15) is 5.82 Å². The first-order valence-electron chi connectivity index (χ1n) is 15.5. The van der Waals surface area contributed by atoms with Gasteiger partial charge >= 0.3 is 6.18 Å². The molecule has 0 aliphatic carbocycles. The summed E-state index contributed by atoms with van der Waals surface area (Å²) in [6.45, 7) is 5.16. The number of pyridine rings is 1. The molecule has 46 heavy (non-hydrogen) atoms. The number of hydrogen-bond donors (Lipinski definition) is 1. The van der Waals surface area contributed by atoms with Crippen molar-refractivity contribution in [3.05, 3.63) is 113 Å². The second-order valence-corrected chi connectivity index (χ2v) is 11.5. The molecule has 2 saturated heterocycles. The van der Waals surface area contributed by atoms with Crippen LogP contribution in [-0.2, 0) is 28.7 Å². The van der Waals surface area contributed by atoms with Crippen LogP contribution in [0.15, 0.2) is 79.0 Å². The van der Waals surface area contributed by atoms with Crippen molar-refractivity contribution in [1.82, 2.24) is 15.2 Å². The number of amides is 2. The highest BCUT2D eigenvalue weighted by molar-refractivity contribution is 14.0. The first-order valence-corrected chi connectivity index (χ1v) is 15.5. The molecule has 2 amide bonds. The number of imide groups is 1. The van der Waals surface area contributed by atoms with Crippen LogP contribution in [0.2, 0.25) is 0 Å². The highest BCUT2D eigenvalue weighted by Gasteiger charge is 2.33. The second kappa shape index (κ2) is 15.5. The van der Waals surface area contributed by atoms with Gasteiger partial charge in [0, 0.05) is 30.6 Å². The zero-order chi connectivity index (χ0) is 32.1.